The van der Waals surface area contributed by atoms with Gasteiger partial charge in [0.05, 0.1) is 31.1 Å². The van der Waals surface area contributed by atoms with Crippen molar-refractivity contribution < 1.29 is 13.9 Å². The lowest BCUT2D eigenvalue weighted by Gasteiger charge is -2.28. The fraction of sp³-hybridized carbons (Fsp3) is 0.385. The molecule has 1 fully saturated rings. The summed E-state index contributed by atoms with van der Waals surface area (Å²) in [4.78, 5) is 21.8. The number of hydrogen-bond acceptors (Lipinski definition) is 6. The molecule has 1 saturated heterocycles. The number of anilines is 1. The number of aromatic nitrogens is 1. The standard InChI is InChI=1S/C26H32FN5O2S/c1-30(2)18-25(33)28-12-3-13-32-24(19-35-26(32)29-22-8-6-21(27)7-9-22)20-4-10-23(11-5-20)31-14-16-34-17-15-31/h4-11,19H,3,12-18H2,1-2H3,(H,28,33). The molecule has 2 aromatic carbocycles. The number of benzene rings is 2. The molecule has 1 N–H and O–H groups in total. The van der Waals surface area contributed by atoms with E-state index in [0.29, 0.717) is 25.3 Å². The number of nitrogens with one attached hydrogen (secondary N) is 1. The second-order valence-corrected chi connectivity index (χ2v) is 9.57. The van der Waals surface area contributed by atoms with Crippen LogP contribution in [0.2, 0.25) is 0 Å². The van der Waals surface area contributed by atoms with Crippen LogP contribution in [-0.4, -0.2) is 68.9 Å². The maximum Gasteiger partial charge on any atom is 0.234 e. The molecule has 0 bridgehead atoms. The lowest BCUT2D eigenvalue weighted by molar-refractivity contribution is -0.121. The summed E-state index contributed by atoms with van der Waals surface area (Å²) < 4.78 is 21.0. The van der Waals surface area contributed by atoms with Crippen molar-refractivity contribution in [1.82, 2.24) is 14.8 Å². The van der Waals surface area contributed by atoms with Crippen LogP contribution in [0.1, 0.15) is 6.42 Å². The van der Waals surface area contributed by atoms with Gasteiger partial charge >= 0.3 is 0 Å². The average Bonchev–Trinajstić information content (AvgIpc) is 3.25. The van der Waals surface area contributed by atoms with Gasteiger partial charge in [0.25, 0.3) is 0 Å². The van der Waals surface area contributed by atoms with Crippen molar-refractivity contribution in [2.45, 2.75) is 13.0 Å². The van der Waals surface area contributed by atoms with E-state index in [1.807, 2.05) is 19.0 Å². The van der Waals surface area contributed by atoms with Crippen molar-refractivity contribution in [3.05, 3.63) is 64.5 Å². The summed E-state index contributed by atoms with van der Waals surface area (Å²) in [6, 6.07) is 14.8. The molecule has 1 amide bonds. The number of carbonyl (C=O) groups excluding carboxylic acids is 1. The van der Waals surface area contributed by atoms with Crippen LogP contribution in [0.4, 0.5) is 15.8 Å². The third-order valence-corrected chi connectivity index (χ3v) is 6.59. The van der Waals surface area contributed by atoms with Crippen molar-refractivity contribution in [3.63, 3.8) is 0 Å². The van der Waals surface area contributed by atoms with Gasteiger partial charge in [-0.2, -0.15) is 0 Å². The monoisotopic (exact) mass is 497 g/mol. The van der Waals surface area contributed by atoms with E-state index in [1.54, 1.807) is 23.5 Å². The second kappa shape index (κ2) is 12.1. The Bertz CT molecular complexity index is 1170. The fourth-order valence-electron chi connectivity index (χ4n) is 3.96. The molecule has 1 aromatic heterocycles. The van der Waals surface area contributed by atoms with E-state index >= 15 is 0 Å². The number of morpholine rings is 1. The van der Waals surface area contributed by atoms with Gasteiger partial charge in [-0.25, -0.2) is 9.38 Å². The molecule has 35 heavy (non-hydrogen) atoms. The number of amides is 1. The highest BCUT2D eigenvalue weighted by Crippen LogP contribution is 2.25. The Morgan fingerprint density at radius 3 is 2.51 bits per heavy atom. The van der Waals surface area contributed by atoms with E-state index < -0.39 is 0 Å². The van der Waals surface area contributed by atoms with E-state index in [0.717, 1.165) is 48.8 Å². The number of likely N-dealkylation sites (N-methyl/N-ethyl adjacent to an activating group) is 1. The summed E-state index contributed by atoms with van der Waals surface area (Å²) in [5.41, 5.74) is 4.08. The highest BCUT2D eigenvalue weighted by atomic mass is 32.1. The molecular formula is C26H32FN5O2S. The predicted octanol–water partition coefficient (Wildman–Crippen LogP) is 3.49. The highest BCUT2D eigenvalue weighted by Gasteiger charge is 2.13. The predicted molar refractivity (Wildman–Crippen MR) is 139 cm³/mol. The number of hydrogen-bond donors (Lipinski definition) is 1. The van der Waals surface area contributed by atoms with Crippen LogP contribution in [0.3, 0.4) is 0 Å². The first-order valence-corrected chi connectivity index (χ1v) is 12.7. The topological polar surface area (TPSA) is 62.1 Å². The van der Waals surface area contributed by atoms with Crippen molar-refractivity contribution >= 4 is 28.6 Å². The van der Waals surface area contributed by atoms with Gasteiger partial charge in [-0.3, -0.25) is 4.79 Å². The van der Waals surface area contributed by atoms with Crippen LogP contribution >= 0.6 is 11.3 Å². The zero-order valence-electron chi connectivity index (χ0n) is 20.2. The van der Waals surface area contributed by atoms with Gasteiger partial charge in [0.1, 0.15) is 5.82 Å². The summed E-state index contributed by atoms with van der Waals surface area (Å²) >= 11 is 1.56. The molecule has 0 spiro atoms. The minimum absolute atomic E-state index is 0.0143. The maximum atomic E-state index is 13.4. The summed E-state index contributed by atoms with van der Waals surface area (Å²) in [5.74, 6) is -0.266. The first-order chi connectivity index (χ1) is 17.0. The number of carbonyl (C=O) groups is 1. The highest BCUT2D eigenvalue weighted by molar-refractivity contribution is 7.07. The molecule has 7 nitrogen and oxygen atoms in total. The van der Waals surface area contributed by atoms with Gasteiger partial charge in [-0.05, 0) is 62.5 Å². The molecule has 186 valence electrons. The van der Waals surface area contributed by atoms with Gasteiger partial charge in [-0.1, -0.05) is 12.1 Å². The van der Waals surface area contributed by atoms with Crippen LogP contribution in [0.25, 0.3) is 11.3 Å². The Balaban J connectivity index is 1.55. The largest absolute Gasteiger partial charge is 0.378 e. The van der Waals surface area contributed by atoms with Gasteiger partial charge in [-0.15, -0.1) is 11.3 Å². The zero-order valence-corrected chi connectivity index (χ0v) is 21.1. The molecule has 9 heteroatoms. The molecule has 0 aliphatic carbocycles. The first kappa shape index (κ1) is 25.1. The lowest BCUT2D eigenvalue weighted by Crippen LogP contribution is -2.36. The van der Waals surface area contributed by atoms with Gasteiger partial charge in [0.2, 0.25) is 5.91 Å². The molecule has 3 aromatic rings. The van der Waals surface area contributed by atoms with E-state index in [9.17, 15) is 9.18 Å². The molecule has 1 aliphatic rings. The van der Waals surface area contributed by atoms with Crippen LogP contribution in [0.15, 0.2) is 58.9 Å². The van der Waals surface area contributed by atoms with Gasteiger partial charge < -0.3 is 24.4 Å². The van der Waals surface area contributed by atoms with Crippen molar-refractivity contribution in [2.75, 3.05) is 58.4 Å². The van der Waals surface area contributed by atoms with E-state index in [1.165, 1.54) is 17.8 Å². The molecule has 0 atom stereocenters. The number of rotatable bonds is 9. The summed E-state index contributed by atoms with van der Waals surface area (Å²) in [5, 5.41) is 5.08. The van der Waals surface area contributed by atoms with E-state index in [4.69, 9.17) is 9.73 Å². The first-order valence-electron chi connectivity index (χ1n) is 11.8. The normalized spacial score (nSPS) is 14.5. The van der Waals surface area contributed by atoms with Gasteiger partial charge in [0.15, 0.2) is 4.80 Å². The molecule has 2 heterocycles. The van der Waals surface area contributed by atoms with Crippen molar-refractivity contribution in [3.8, 4) is 11.3 Å². The molecular weight excluding hydrogens is 465 g/mol. The summed E-state index contributed by atoms with van der Waals surface area (Å²) in [6.07, 6.45) is 0.769. The maximum absolute atomic E-state index is 13.4. The molecule has 4 rings (SSSR count). The van der Waals surface area contributed by atoms with E-state index in [-0.39, 0.29) is 11.7 Å². The Labute approximate surface area is 209 Å². The summed E-state index contributed by atoms with van der Waals surface area (Å²) in [7, 11) is 3.75. The second-order valence-electron chi connectivity index (χ2n) is 8.73. The third kappa shape index (κ3) is 7.00. The number of ether oxygens (including phenoxy) is 1. The smallest absolute Gasteiger partial charge is 0.234 e. The molecule has 1 aliphatic heterocycles. The number of thiazole rings is 1. The zero-order chi connectivity index (χ0) is 24.6. The van der Waals surface area contributed by atoms with Crippen LogP contribution < -0.4 is 15.0 Å². The van der Waals surface area contributed by atoms with Crippen molar-refractivity contribution in [2.24, 2.45) is 4.99 Å². The lowest BCUT2D eigenvalue weighted by atomic mass is 10.1. The number of nitrogens with zero attached hydrogens (tertiary/aromatic N) is 4. The Morgan fingerprint density at radius 2 is 1.83 bits per heavy atom. The van der Waals surface area contributed by atoms with Crippen molar-refractivity contribution in [1.29, 1.82) is 0 Å². The summed E-state index contributed by atoms with van der Waals surface area (Å²) in [6.45, 7) is 4.97. The Morgan fingerprint density at radius 1 is 1.11 bits per heavy atom. The average molecular weight is 498 g/mol. The fourth-order valence-corrected chi connectivity index (χ4v) is 4.92. The molecule has 0 saturated carbocycles. The van der Waals surface area contributed by atoms with Crippen LogP contribution in [0.5, 0.6) is 0 Å². The minimum atomic E-state index is -0.280. The minimum Gasteiger partial charge on any atom is -0.378 e. The van der Waals surface area contributed by atoms with E-state index in [2.05, 4.69) is 44.4 Å². The molecule has 0 unspecified atom stereocenters. The quantitative estimate of drug-likeness (QED) is 0.460. The molecule has 0 radical (unpaired) electrons. The Hall–Kier alpha value is -3.01. The van der Waals surface area contributed by atoms with Crippen LogP contribution in [-0.2, 0) is 16.1 Å². The van der Waals surface area contributed by atoms with Crippen LogP contribution in [0, 0.1) is 5.82 Å². The number of halogens is 1. The SMILES string of the molecule is CN(C)CC(=O)NCCCn1c(-c2ccc(N3CCOCC3)cc2)csc1=Nc1ccc(F)cc1. The third-order valence-electron chi connectivity index (χ3n) is 5.73. The Kier molecular flexibility index (Phi) is 8.68. The van der Waals surface area contributed by atoms with Gasteiger partial charge in [0, 0.05) is 37.2 Å².